The Hall–Kier alpha value is -4.59. The summed E-state index contributed by atoms with van der Waals surface area (Å²) in [5.74, 6) is 2.16. The van der Waals surface area contributed by atoms with E-state index in [1.54, 1.807) is 38.3 Å². The van der Waals surface area contributed by atoms with Gasteiger partial charge in [-0.15, -0.1) is 0 Å². The number of nitrogens with zero attached hydrogens (tertiary/aromatic N) is 2. The molecule has 0 radical (unpaired) electrons. The van der Waals surface area contributed by atoms with Crippen LogP contribution in [0.15, 0.2) is 83.5 Å². The fraction of sp³-hybridized carbons (Fsp3) is 0.179. The van der Waals surface area contributed by atoms with Gasteiger partial charge in [-0.1, -0.05) is 35.5 Å². The summed E-state index contributed by atoms with van der Waals surface area (Å²) in [4.78, 5) is 20.5. The minimum atomic E-state index is -0.159. The molecule has 1 unspecified atom stereocenters. The van der Waals surface area contributed by atoms with Gasteiger partial charge in [-0.05, 0) is 53.6 Å². The first-order valence-electron chi connectivity index (χ1n) is 11.6. The Kier molecular flexibility index (Phi) is 6.66. The predicted octanol–water partition coefficient (Wildman–Crippen LogP) is 5.01. The first kappa shape index (κ1) is 23.2. The first-order valence-corrected chi connectivity index (χ1v) is 11.6. The molecule has 1 amide bonds. The summed E-state index contributed by atoms with van der Waals surface area (Å²) in [6, 6.07) is 23.1. The fourth-order valence-corrected chi connectivity index (χ4v) is 4.17. The number of hydrogen-bond donors (Lipinski definition) is 2. The van der Waals surface area contributed by atoms with Crippen molar-refractivity contribution in [2.45, 2.75) is 19.4 Å². The second-order valence-electron chi connectivity index (χ2n) is 8.37. The van der Waals surface area contributed by atoms with Gasteiger partial charge in [-0.3, -0.25) is 4.79 Å². The van der Waals surface area contributed by atoms with Crippen molar-refractivity contribution >= 4 is 16.8 Å². The van der Waals surface area contributed by atoms with Crippen LogP contribution in [-0.4, -0.2) is 34.7 Å². The number of methoxy groups -OCH3 is 1. The highest BCUT2D eigenvalue weighted by atomic mass is 16.5. The molecule has 182 valence electrons. The standard InChI is InChI=1S/C28H26N4O4/c1-18-31-27(32-36-18)17-35-22-13-9-20(10-14-22)28(33)30-15-24(19-7-11-21(34-2)12-8-19)25-16-29-26-6-4-3-5-23(25)26/h3-14,16,24,29H,15,17H2,1-2H3,(H,30,33). The maximum atomic E-state index is 13.0. The van der Waals surface area contributed by atoms with Gasteiger partial charge in [0.2, 0.25) is 11.7 Å². The zero-order chi connectivity index (χ0) is 24.9. The molecule has 0 bridgehead atoms. The molecule has 0 saturated carbocycles. The topological polar surface area (TPSA) is 102 Å². The molecule has 3 aromatic carbocycles. The maximum Gasteiger partial charge on any atom is 0.251 e. The predicted molar refractivity (Wildman–Crippen MR) is 135 cm³/mol. The number of amides is 1. The van der Waals surface area contributed by atoms with E-state index in [-0.39, 0.29) is 18.4 Å². The third kappa shape index (κ3) is 5.07. The third-order valence-electron chi connectivity index (χ3n) is 6.04. The number of nitrogens with one attached hydrogen (secondary N) is 2. The van der Waals surface area contributed by atoms with E-state index in [4.69, 9.17) is 14.0 Å². The molecule has 0 aliphatic carbocycles. The number of para-hydroxylation sites is 1. The van der Waals surface area contributed by atoms with Crippen LogP contribution in [0.25, 0.3) is 10.9 Å². The number of H-pyrrole nitrogens is 1. The molecular formula is C28H26N4O4. The molecule has 2 aromatic heterocycles. The molecule has 0 fully saturated rings. The van der Waals surface area contributed by atoms with E-state index in [0.29, 0.717) is 29.6 Å². The molecule has 0 aliphatic heterocycles. The number of rotatable bonds is 9. The highest BCUT2D eigenvalue weighted by Gasteiger charge is 2.20. The lowest BCUT2D eigenvalue weighted by Crippen LogP contribution is -2.28. The zero-order valence-electron chi connectivity index (χ0n) is 20.0. The quantitative estimate of drug-likeness (QED) is 0.306. The van der Waals surface area contributed by atoms with Crippen molar-refractivity contribution in [3.05, 3.63) is 107 Å². The van der Waals surface area contributed by atoms with Crippen molar-refractivity contribution in [1.82, 2.24) is 20.4 Å². The lowest BCUT2D eigenvalue weighted by molar-refractivity contribution is 0.0952. The smallest absolute Gasteiger partial charge is 0.251 e. The Morgan fingerprint density at radius 3 is 2.50 bits per heavy atom. The van der Waals surface area contributed by atoms with Crippen LogP contribution < -0.4 is 14.8 Å². The maximum absolute atomic E-state index is 13.0. The van der Waals surface area contributed by atoms with Gasteiger partial charge in [0, 0.05) is 42.0 Å². The zero-order valence-corrected chi connectivity index (χ0v) is 20.0. The van der Waals surface area contributed by atoms with Crippen molar-refractivity contribution in [2.24, 2.45) is 0 Å². The Balaban J connectivity index is 1.30. The van der Waals surface area contributed by atoms with Crippen LogP contribution in [0.2, 0.25) is 0 Å². The van der Waals surface area contributed by atoms with E-state index < -0.39 is 0 Å². The van der Waals surface area contributed by atoms with E-state index in [2.05, 4.69) is 26.5 Å². The molecule has 36 heavy (non-hydrogen) atoms. The summed E-state index contributed by atoms with van der Waals surface area (Å²) in [6.07, 6.45) is 2.02. The molecule has 0 saturated heterocycles. The highest BCUT2D eigenvalue weighted by molar-refractivity contribution is 5.94. The van der Waals surface area contributed by atoms with Crippen molar-refractivity contribution in [3.63, 3.8) is 0 Å². The third-order valence-corrected chi connectivity index (χ3v) is 6.04. The van der Waals surface area contributed by atoms with Gasteiger partial charge in [0.25, 0.3) is 5.91 Å². The summed E-state index contributed by atoms with van der Waals surface area (Å²) in [5.41, 5.74) is 3.81. The van der Waals surface area contributed by atoms with Crippen LogP contribution in [0.5, 0.6) is 11.5 Å². The molecule has 8 nitrogen and oxygen atoms in total. The summed E-state index contributed by atoms with van der Waals surface area (Å²) >= 11 is 0. The first-order chi connectivity index (χ1) is 17.6. The number of carbonyl (C=O) groups is 1. The van der Waals surface area contributed by atoms with E-state index >= 15 is 0 Å². The van der Waals surface area contributed by atoms with Crippen LogP contribution in [0.4, 0.5) is 0 Å². The van der Waals surface area contributed by atoms with Gasteiger partial charge in [-0.2, -0.15) is 4.98 Å². The van der Waals surface area contributed by atoms with Crippen molar-refractivity contribution in [3.8, 4) is 11.5 Å². The van der Waals surface area contributed by atoms with Gasteiger partial charge in [0.15, 0.2) is 6.61 Å². The minimum absolute atomic E-state index is 0.0444. The summed E-state index contributed by atoms with van der Waals surface area (Å²) < 4.78 is 15.9. The normalized spacial score (nSPS) is 11.8. The van der Waals surface area contributed by atoms with Crippen LogP contribution in [0.1, 0.15) is 39.1 Å². The van der Waals surface area contributed by atoms with Crippen LogP contribution >= 0.6 is 0 Å². The minimum Gasteiger partial charge on any atom is -0.497 e. The van der Waals surface area contributed by atoms with Gasteiger partial charge in [0.1, 0.15) is 11.5 Å². The molecule has 0 aliphatic rings. The molecule has 5 rings (SSSR count). The number of fused-ring (bicyclic) bond motifs is 1. The largest absolute Gasteiger partial charge is 0.497 e. The molecule has 1 atom stereocenters. The monoisotopic (exact) mass is 482 g/mol. The van der Waals surface area contributed by atoms with E-state index in [9.17, 15) is 4.79 Å². The number of benzene rings is 3. The molecule has 2 heterocycles. The molecule has 0 spiro atoms. The van der Waals surface area contributed by atoms with Crippen molar-refractivity contribution < 1.29 is 18.8 Å². The lowest BCUT2D eigenvalue weighted by Gasteiger charge is -2.19. The number of aromatic amines is 1. The number of hydrogen-bond acceptors (Lipinski definition) is 6. The summed E-state index contributed by atoms with van der Waals surface area (Å²) in [6.45, 7) is 2.35. The van der Waals surface area contributed by atoms with Crippen molar-refractivity contribution in [1.29, 1.82) is 0 Å². The summed E-state index contributed by atoms with van der Waals surface area (Å²) in [5, 5.41) is 8.04. The molecule has 5 aromatic rings. The Morgan fingerprint density at radius 1 is 1.03 bits per heavy atom. The number of carbonyl (C=O) groups excluding carboxylic acids is 1. The van der Waals surface area contributed by atoms with Gasteiger partial charge in [0.05, 0.1) is 7.11 Å². The highest BCUT2D eigenvalue weighted by Crippen LogP contribution is 2.31. The van der Waals surface area contributed by atoms with Crippen LogP contribution in [0.3, 0.4) is 0 Å². The summed E-state index contributed by atoms with van der Waals surface area (Å²) in [7, 11) is 1.65. The van der Waals surface area contributed by atoms with Gasteiger partial charge >= 0.3 is 0 Å². The van der Waals surface area contributed by atoms with E-state index in [0.717, 1.165) is 27.8 Å². The van der Waals surface area contributed by atoms with Gasteiger partial charge in [-0.25, -0.2) is 0 Å². The average molecular weight is 483 g/mol. The molecular weight excluding hydrogens is 456 g/mol. The van der Waals surface area contributed by atoms with Crippen molar-refractivity contribution in [2.75, 3.05) is 13.7 Å². The average Bonchev–Trinajstić information content (AvgIpc) is 3.54. The van der Waals surface area contributed by atoms with E-state index in [1.165, 1.54) is 0 Å². The van der Waals surface area contributed by atoms with Crippen LogP contribution in [-0.2, 0) is 6.61 Å². The second kappa shape index (κ2) is 10.4. The van der Waals surface area contributed by atoms with Crippen LogP contribution in [0, 0.1) is 6.92 Å². The second-order valence-corrected chi connectivity index (χ2v) is 8.37. The Bertz CT molecular complexity index is 1460. The number of aryl methyl sites for hydroxylation is 1. The van der Waals surface area contributed by atoms with E-state index in [1.807, 2.05) is 48.7 Å². The number of aromatic nitrogens is 3. The Labute approximate surface area is 208 Å². The van der Waals surface area contributed by atoms with Gasteiger partial charge < -0.3 is 24.3 Å². The Morgan fingerprint density at radius 2 is 1.78 bits per heavy atom. The molecule has 8 heteroatoms. The SMILES string of the molecule is COc1ccc(C(CNC(=O)c2ccc(OCc3noc(C)n3)cc2)c2c[nH]c3ccccc23)cc1. The fourth-order valence-electron chi connectivity index (χ4n) is 4.17. The lowest BCUT2D eigenvalue weighted by atomic mass is 9.90. The number of ether oxygens (including phenoxy) is 2. The molecule has 2 N–H and O–H groups in total.